The van der Waals surface area contributed by atoms with Crippen molar-refractivity contribution in [3.05, 3.63) is 95.2 Å². The molecule has 33 heavy (non-hydrogen) atoms. The average molecular weight is 464 g/mol. The monoisotopic (exact) mass is 463 g/mol. The van der Waals surface area contributed by atoms with Crippen LogP contribution in [0.2, 0.25) is 0 Å². The molecule has 0 bridgehead atoms. The molecule has 0 saturated carbocycles. The molecule has 8 heteroatoms. The largest absolute Gasteiger partial charge is 0.490 e. The minimum Gasteiger partial charge on any atom is -0.490 e. The quantitative estimate of drug-likeness (QED) is 0.291. The molecule has 0 amide bonds. The van der Waals surface area contributed by atoms with Gasteiger partial charge in [-0.1, -0.05) is 42.0 Å². The minimum absolute atomic E-state index is 0.0327. The van der Waals surface area contributed by atoms with E-state index in [0.717, 1.165) is 5.56 Å². The molecule has 0 atom stereocenters. The summed E-state index contributed by atoms with van der Waals surface area (Å²) >= 11 is 0. The summed E-state index contributed by atoms with van der Waals surface area (Å²) in [5.41, 5.74) is 2.48. The number of aryl methyl sites for hydroxylation is 1. The Hall–Kier alpha value is -3.91. The number of benzene rings is 3. The van der Waals surface area contributed by atoms with Crippen molar-refractivity contribution >= 4 is 28.1 Å². The second kappa shape index (κ2) is 9.30. The molecular formula is C25H21NO6S. The van der Waals surface area contributed by atoms with Crippen LogP contribution in [0.5, 0.6) is 11.5 Å². The van der Waals surface area contributed by atoms with Crippen molar-refractivity contribution in [3.8, 4) is 11.5 Å². The topological polar surface area (TPSA) is 91.3 Å². The zero-order valence-electron chi connectivity index (χ0n) is 18.0. The second-order valence-electron chi connectivity index (χ2n) is 7.19. The molecule has 3 aromatic rings. The van der Waals surface area contributed by atoms with Crippen molar-refractivity contribution in [2.75, 3.05) is 6.61 Å². The third-order valence-corrected chi connectivity index (χ3v) is 5.97. The fourth-order valence-electron chi connectivity index (χ4n) is 3.09. The fraction of sp³-hybridized carbons (Fsp3) is 0.120. The number of carbonyl (C=O) groups is 1. The summed E-state index contributed by atoms with van der Waals surface area (Å²) < 4.78 is 41.4. The molecule has 0 spiro atoms. The first-order chi connectivity index (χ1) is 15.9. The molecular weight excluding hydrogens is 442 g/mol. The summed E-state index contributed by atoms with van der Waals surface area (Å²) in [6.07, 6.45) is 1.54. The molecule has 0 fully saturated rings. The van der Waals surface area contributed by atoms with Gasteiger partial charge in [-0.2, -0.15) is 8.42 Å². The first kappa shape index (κ1) is 22.3. The lowest BCUT2D eigenvalue weighted by molar-refractivity contribution is -0.129. The van der Waals surface area contributed by atoms with Crippen LogP contribution in [-0.2, 0) is 19.6 Å². The number of rotatable bonds is 7. The number of ether oxygens (including phenoxy) is 2. The van der Waals surface area contributed by atoms with Gasteiger partial charge in [0.1, 0.15) is 4.90 Å². The van der Waals surface area contributed by atoms with Crippen LogP contribution in [0.1, 0.15) is 23.6 Å². The Bertz CT molecular complexity index is 1340. The molecule has 168 valence electrons. The van der Waals surface area contributed by atoms with Gasteiger partial charge in [-0.3, -0.25) is 0 Å². The smallest absolute Gasteiger partial charge is 0.363 e. The molecule has 1 heterocycles. The predicted molar refractivity (Wildman–Crippen MR) is 124 cm³/mol. The SMILES string of the molecule is CCOc1cc(/C=C2/N=C(c3ccc(C)cc3)OC2=O)ccc1OS(=O)(=O)c1ccccc1. The van der Waals surface area contributed by atoms with Crippen molar-refractivity contribution in [2.24, 2.45) is 4.99 Å². The Balaban J connectivity index is 1.63. The van der Waals surface area contributed by atoms with Gasteiger partial charge >= 0.3 is 16.1 Å². The first-order valence-corrected chi connectivity index (χ1v) is 11.6. The molecule has 3 aromatic carbocycles. The second-order valence-corrected chi connectivity index (χ2v) is 8.74. The molecule has 4 rings (SSSR count). The van der Waals surface area contributed by atoms with Gasteiger partial charge in [0, 0.05) is 5.56 Å². The van der Waals surface area contributed by atoms with E-state index < -0.39 is 16.1 Å². The number of nitrogens with zero attached hydrogens (tertiary/aromatic N) is 1. The number of cyclic esters (lactones) is 1. The highest BCUT2D eigenvalue weighted by molar-refractivity contribution is 7.87. The van der Waals surface area contributed by atoms with Gasteiger partial charge in [-0.05, 0) is 61.9 Å². The van der Waals surface area contributed by atoms with Crippen LogP contribution in [0.25, 0.3) is 6.08 Å². The molecule has 0 aromatic heterocycles. The van der Waals surface area contributed by atoms with Crippen LogP contribution in [0.3, 0.4) is 0 Å². The zero-order chi connectivity index (χ0) is 23.4. The number of hydrogen-bond donors (Lipinski definition) is 0. The highest BCUT2D eigenvalue weighted by Gasteiger charge is 2.24. The van der Waals surface area contributed by atoms with E-state index in [9.17, 15) is 13.2 Å². The van der Waals surface area contributed by atoms with Crippen LogP contribution in [-0.4, -0.2) is 26.9 Å². The number of aliphatic imine (C=N–C) groups is 1. The molecule has 0 saturated heterocycles. The van der Waals surface area contributed by atoms with Gasteiger partial charge in [-0.25, -0.2) is 9.79 Å². The number of hydrogen-bond acceptors (Lipinski definition) is 7. The van der Waals surface area contributed by atoms with E-state index in [-0.39, 0.29) is 28.0 Å². The van der Waals surface area contributed by atoms with E-state index in [1.54, 1.807) is 43.3 Å². The third-order valence-electron chi connectivity index (χ3n) is 4.72. The van der Waals surface area contributed by atoms with Crippen molar-refractivity contribution in [3.63, 3.8) is 0 Å². The molecule has 0 aliphatic carbocycles. The Kier molecular flexibility index (Phi) is 6.28. The minimum atomic E-state index is -4.03. The van der Waals surface area contributed by atoms with E-state index in [2.05, 4.69) is 4.99 Å². The van der Waals surface area contributed by atoms with Crippen LogP contribution in [0, 0.1) is 6.92 Å². The first-order valence-electron chi connectivity index (χ1n) is 10.2. The molecule has 0 N–H and O–H groups in total. The lowest BCUT2D eigenvalue weighted by Gasteiger charge is -2.12. The van der Waals surface area contributed by atoms with Gasteiger partial charge in [0.15, 0.2) is 17.2 Å². The summed E-state index contributed by atoms with van der Waals surface area (Å²) in [6, 6.07) is 20.0. The van der Waals surface area contributed by atoms with Gasteiger partial charge in [0.2, 0.25) is 5.90 Å². The van der Waals surface area contributed by atoms with E-state index in [1.165, 1.54) is 18.2 Å². The third kappa shape index (κ3) is 5.12. The van der Waals surface area contributed by atoms with Crippen LogP contribution >= 0.6 is 0 Å². The van der Waals surface area contributed by atoms with E-state index in [1.807, 2.05) is 31.2 Å². The molecule has 0 radical (unpaired) electrons. The zero-order valence-corrected chi connectivity index (χ0v) is 18.8. The van der Waals surface area contributed by atoms with Crippen LogP contribution in [0.4, 0.5) is 0 Å². The van der Waals surface area contributed by atoms with E-state index in [4.69, 9.17) is 13.7 Å². The normalized spacial score (nSPS) is 14.7. The van der Waals surface area contributed by atoms with Crippen molar-refractivity contribution in [2.45, 2.75) is 18.7 Å². The number of carbonyl (C=O) groups excluding carboxylic acids is 1. The molecule has 1 aliphatic rings. The summed E-state index contributed by atoms with van der Waals surface area (Å²) in [5, 5.41) is 0. The maximum Gasteiger partial charge on any atom is 0.363 e. The Morgan fingerprint density at radius 1 is 0.970 bits per heavy atom. The van der Waals surface area contributed by atoms with Gasteiger partial charge in [-0.15, -0.1) is 0 Å². The maximum absolute atomic E-state index is 12.6. The lowest BCUT2D eigenvalue weighted by atomic mass is 10.1. The Labute approximate surface area is 192 Å². The summed E-state index contributed by atoms with van der Waals surface area (Å²) in [5.74, 6) is -0.0816. The molecule has 1 aliphatic heterocycles. The van der Waals surface area contributed by atoms with Gasteiger partial charge in [0.25, 0.3) is 0 Å². The lowest BCUT2D eigenvalue weighted by Crippen LogP contribution is -2.10. The van der Waals surface area contributed by atoms with Crippen molar-refractivity contribution < 1.29 is 26.9 Å². The highest BCUT2D eigenvalue weighted by atomic mass is 32.2. The summed E-state index contributed by atoms with van der Waals surface area (Å²) in [6.45, 7) is 4.03. The standard InChI is InChI=1S/C25H21NO6S/c1-3-30-23-16-18(11-14-22(23)32-33(28,29)20-7-5-4-6-8-20)15-21-25(27)31-24(26-21)19-12-9-17(2)10-13-19/h4-16H,3H2,1-2H3/b21-15+. The maximum atomic E-state index is 12.6. The van der Waals surface area contributed by atoms with Crippen LogP contribution < -0.4 is 8.92 Å². The number of esters is 1. The highest BCUT2D eigenvalue weighted by Crippen LogP contribution is 2.32. The van der Waals surface area contributed by atoms with Crippen molar-refractivity contribution in [1.29, 1.82) is 0 Å². The summed E-state index contributed by atoms with van der Waals surface area (Å²) in [4.78, 5) is 16.6. The van der Waals surface area contributed by atoms with Crippen molar-refractivity contribution in [1.82, 2.24) is 0 Å². The molecule has 0 unspecified atom stereocenters. The summed E-state index contributed by atoms with van der Waals surface area (Å²) in [7, 11) is -4.03. The predicted octanol–water partition coefficient (Wildman–Crippen LogP) is 4.51. The Morgan fingerprint density at radius 2 is 1.70 bits per heavy atom. The van der Waals surface area contributed by atoms with Crippen LogP contribution in [0.15, 0.2) is 88.4 Å². The van der Waals surface area contributed by atoms with E-state index >= 15 is 0 Å². The van der Waals surface area contributed by atoms with Gasteiger partial charge in [0.05, 0.1) is 6.61 Å². The van der Waals surface area contributed by atoms with E-state index in [0.29, 0.717) is 17.7 Å². The Morgan fingerprint density at radius 3 is 2.39 bits per heavy atom. The molecule has 7 nitrogen and oxygen atoms in total. The fourth-order valence-corrected chi connectivity index (χ4v) is 4.05. The average Bonchev–Trinajstić information content (AvgIpc) is 3.17. The van der Waals surface area contributed by atoms with Gasteiger partial charge < -0.3 is 13.7 Å².